The lowest BCUT2D eigenvalue weighted by atomic mass is 9.83. The second kappa shape index (κ2) is 4.49. The third-order valence-electron chi connectivity index (χ3n) is 1.69. The van der Waals surface area contributed by atoms with Gasteiger partial charge in [0.1, 0.15) is 5.60 Å². The Kier molecular flexibility index (Phi) is 3.67. The molecule has 16 heavy (non-hydrogen) atoms. The largest absolute Gasteiger partial charge is 0.491 e. The van der Waals surface area contributed by atoms with Gasteiger partial charge in [-0.1, -0.05) is 11.6 Å². The number of ether oxygens (including phenoxy) is 1. The van der Waals surface area contributed by atoms with E-state index in [-0.39, 0.29) is 10.5 Å². The molecule has 0 saturated heterocycles. The second-order valence-electron chi connectivity index (χ2n) is 4.32. The fraction of sp³-hybridized carbons (Fsp3) is 0.444. The van der Waals surface area contributed by atoms with E-state index in [1.807, 2.05) is 0 Å². The van der Waals surface area contributed by atoms with E-state index in [4.69, 9.17) is 26.4 Å². The number of carbonyl (C=O) groups is 1. The Balaban J connectivity index is 2.90. The Morgan fingerprint density at radius 1 is 1.44 bits per heavy atom. The highest BCUT2D eigenvalue weighted by molar-refractivity contribution is 6.62. The third kappa shape index (κ3) is 3.26. The summed E-state index contributed by atoms with van der Waals surface area (Å²) < 4.78 is 6.15. The minimum Gasteiger partial charge on any atom is -0.443 e. The molecule has 0 unspecified atom stereocenters. The number of nitrogens with zero attached hydrogens (tertiary/aromatic N) is 1. The first-order chi connectivity index (χ1) is 7.20. The molecule has 7 heteroatoms. The van der Waals surface area contributed by atoms with Gasteiger partial charge >= 0.3 is 13.2 Å². The van der Waals surface area contributed by atoms with E-state index in [9.17, 15) is 4.79 Å². The zero-order valence-electron chi connectivity index (χ0n) is 9.27. The molecule has 0 spiro atoms. The highest BCUT2D eigenvalue weighted by Crippen LogP contribution is 2.11. The maximum atomic E-state index is 11.6. The Labute approximate surface area is 98.7 Å². The average Bonchev–Trinajstić information content (AvgIpc) is 2.44. The van der Waals surface area contributed by atoms with Crippen LogP contribution in [0.1, 0.15) is 20.8 Å². The number of carbonyl (C=O) groups excluding carboxylic acids is 1. The number of aromatic nitrogens is 1. The Hall–Kier alpha value is -0.975. The first-order valence-corrected chi connectivity index (χ1v) is 5.05. The summed E-state index contributed by atoms with van der Waals surface area (Å²) in [6.45, 7) is 5.20. The molecule has 0 saturated carbocycles. The van der Waals surface area contributed by atoms with E-state index in [0.717, 1.165) is 4.57 Å². The van der Waals surface area contributed by atoms with Gasteiger partial charge in [-0.2, -0.15) is 0 Å². The van der Waals surface area contributed by atoms with Gasteiger partial charge < -0.3 is 14.8 Å². The Morgan fingerprint density at radius 2 is 2.00 bits per heavy atom. The van der Waals surface area contributed by atoms with Crippen molar-refractivity contribution >= 4 is 30.3 Å². The smallest absolute Gasteiger partial charge is 0.443 e. The summed E-state index contributed by atoms with van der Waals surface area (Å²) >= 11 is 5.71. The highest BCUT2D eigenvalue weighted by atomic mass is 35.5. The van der Waals surface area contributed by atoms with Gasteiger partial charge in [0, 0.05) is 17.9 Å². The van der Waals surface area contributed by atoms with Crippen molar-refractivity contribution in [2.24, 2.45) is 0 Å². The minimum absolute atomic E-state index is 0.0625. The van der Waals surface area contributed by atoms with Crippen LogP contribution in [-0.4, -0.2) is 33.4 Å². The highest BCUT2D eigenvalue weighted by Gasteiger charge is 2.22. The van der Waals surface area contributed by atoms with Crippen LogP contribution in [0.2, 0.25) is 5.02 Å². The third-order valence-corrected chi connectivity index (χ3v) is 2.00. The van der Waals surface area contributed by atoms with Crippen LogP contribution in [0.5, 0.6) is 0 Å². The maximum Gasteiger partial charge on any atom is 0.491 e. The molecule has 0 amide bonds. The SMILES string of the molecule is CC(C)(C)OC(=O)n1cc(Cl)c(B(O)O)c1. The summed E-state index contributed by atoms with van der Waals surface area (Å²) in [4.78, 5) is 11.6. The number of hydrogen-bond acceptors (Lipinski definition) is 4. The van der Waals surface area contributed by atoms with Crippen molar-refractivity contribution in [2.75, 3.05) is 0 Å². The van der Waals surface area contributed by atoms with E-state index in [0.29, 0.717) is 0 Å². The van der Waals surface area contributed by atoms with E-state index in [1.165, 1.54) is 12.4 Å². The molecule has 0 aliphatic rings. The van der Waals surface area contributed by atoms with Gasteiger partial charge in [0.2, 0.25) is 0 Å². The lowest BCUT2D eigenvalue weighted by molar-refractivity contribution is 0.0537. The molecule has 0 radical (unpaired) electrons. The molecule has 1 heterocycles. The van der Waals surface area contributed by atoms with Gasteiger partial charge in [-0.25, -0.2) is 4.79 Å². The van der Waals surface area contributed by atoms with Gasteiger partial charge in [0.25, 0.3) is 0 Å². The molecular weight excluding hydrogens is 232 g/mol. The first kappa shape index (κ1) is 13.1. The van der Waals surface area contributed by atoms with Crippen LogP contribution in [0.15, 0.2) is 12.4 Å². The van der Waals surface area contributed by atoms with E-state index < -0.39 is 18.8 Å². The minimum atomic E-state index is -1.71. The van der Waals surface area contributed by atoms with Crippen LogP contribution in [0.3, 0.4) is 0 Å². The van der Waals surface area contributed by atoms with Crippen molar-refractivity contribution in [3.8, 4) is 0 Å². The van der Waals surface area contributed by atoms with E-state index in [2.05, 4.69) is 0 Å². The maximum absolute atomic E-state index is 11.6. The molecule has 0 aliphatic heterocycles. The average molecular weight is 245 g/mol. The molecule has 0 atom stereocenters. The van der Waals surface area contributed by atoms with Gasteiger partial charge in [-0.15, -0.1) is 0 Å². The van der Waals surface area contributed by atoms with Crippen molar-refractivity contribution in [3.05, 3.63) is 17.4 Å². The molecule has 1 rings (SSSR count). The predicted molar refractivity (Wildman–Crippen MR) is 60.9 cm³/mol. The van der Waals surface area contributed by atoms with Crippen LogP contribution in [-0.2, 0) is 4.74 Å². The molecular formula is C9H13BClNO4. The zero-order chi connectivity index (χ0) is 12.5. The summed E-state index contributed by atoms with van der Waals surface area (Å²) in [5.74, 6) is 0. The normalized spacial score (nSPS) is 11.4. The summed E-state index contributed by atoms with van der Waals surface area (Å²) in [5, 5.41) is 18.0. The molecule has 0 bridgehead atoms. The summed E-state index contributed by atoms with van der Waals surface area (Å²) in [6, 6.07) is 0. The van der Waals surface area contributed by atoms with Gasteiger partial charge in [-0.05, 0) is 20.8 Å². The monoisotopic (exact) mass is 245 g/mol. The molecule has 0 aromatic carbocycles. The second-order valence-corrected chi connectivity index (χ2v) is 4.73. The Morgan fingerprint density at radius 3 is 2.38 bits per heavy atom. The fourth-order valence-corrected chi connectivity index (χ4v) is 1.31. The summed E-state index contributed by atoms with van der Waals surface area (Å²) in [5.41, 5.74) is -0.557. The van der Waals surface area contributed by atoms with Crippen LogP contribution in [0.4, 0.5) is 4.79 Å². The van der Waals surface area contributed by atoms with Crippen molar-refractivity contribution in [3.63, 3.8) is 0 Å². The van der Waals surface area contributed by atoms with E-state index in [1.54, 1.807) is 20.8 Å². The van der Waals surface area contributed by atoms with Gasteiger partial charge in [0.15, 0.2) is 0 Å². The molecule has 1 aromatic heterocycles. The lowest BCUT2D eigenvalue weighted by Crippen LogP contribution is -2.30. The van der Waals surface area contributed by atoms with Crippen LogP contribution < -0.4 is 5.46 Å². The predicted octanol–water partition coefficient (Wildman–Crippen LogP) is 0.604. The van der Waals surface area contributed by atoms with Crippen LogP contribution in [0, 0.1) is 0 Å². The van der Waals surface area contributed by atoms with Gasteiger partial charge in [-0.3, -0.25) is 4.57 Å². The van der Waals surface area contributed by atoms with E-state index >= 15 is 0 Å². The van der Waals surface area contributed by atoms with Crippen molar-refractivity contribution < 1.29 is 19.6 Å². The molecule has 0 aliphatic carbocycles. The van der Waals surface area contributed by atoms with Crippen molar-refractivity contribution in [2.45, 2.75) is 26.4 Å². The van der Waals surface area contributed by atoms with Crippen molar-refractivity contribution in [1.29, 1.82) is 0 Å². The topological polar surface area (TPSA) is 71.7 Å². The number of halogens is 1. The summed E-state index contributed by atoms with van der Waals surface area (Å²) in [7, 11) is -1.71. The zero-order valence-corrected chi connectivity index (χ0v) is 10.0. The molecule has 1 aromatic rings. The first-order valence-electron chi connectivity index (χ1n) is 4.67. The van der Waals surface area contributed by atoms with Gasteiger partial charge in [0.05, 0.1) is 5.02 Å². The molecule has 2 N–H and O–H groups in total. The van der Waals surface area contributed by atoms with Crippen LogP contribution in [0.25, 0.3) is 0 Å². The number of hydrogen-bond donors (Lipinski definition) is 2. The molecule has 88 valence electrons. The number of rotatable bonds is 1. The lowest BCUT2D eigenvalue weighted by Gasteiger charge is -2.19. The quantitative estimate of drug-likeness (QED) is 0.711. The summed E-state index contributed by atoms with van der Waals surface area (Å²) in [6.07, 6.45) is 1.87. The Bertz CT molecular complexity index is 397. The standard InChI is InChI=1S/C9H13BClNO4/c1-9(2,3)16-8(13)12-4-6(10(14)15)7(11)5-12/h4-5,14-15H,1-3H3. The van der Waals surface area contributed by atoms with Crippen LogP contribution >= 0.6 is 11.6 Å². The van der Waals surface area contributed by atoms with Crippen molar-refractivity contribution in [1.82, 2.24) is 4.57 Å². The molecule has 5 nitrogen and oxygen atoms in total. The molecule has 0 fully saturated rings. The fourth-order valence-electron chi connectivity index (χ4n) is 1.06.